The molecule has 0 atom stereocenters. The highest BCUT2D eigenvalue weighted by molar-refractivity contribution is 7.99. The van der Waals surface area contributed by atoms with E-state index in [0.29, 0.717) is 23.3 Å². The van der Waals surface area contributed by atoms with E-state index in [9.17, 15) is 9.59 Å². The number of nitrogens with one attached hydrogen (secondary N) is 1. The number of carbonyl (C=O) groups is 1. The van der Waals surface area contributed by atoms with E-state index in [1.54, 1.807) is 12.1 Å². The van der Waals surface area contributed by atoms with Crippen LogP contribution in [0.1, 0.15) is 35.8 Å². The van der Waals surface area contributed by atoms with E-state index in [-0.39, 0.29) is 17.0 Å². The lowest BCUT2D eigenvalue weighted by atomic mass is 10.1. The largest absolute Gasteiger partial charge is 0.493 e. The van der Waals surface area contributed by atoms with E-state index in [1.165, 1.54) is 30.0 Å². The van der Waals surface area contributed by atoms with Crippen LogP contribution in [0.25, 0.3) is 0 Å². The van der Waals surface area contributed by atoms with Gasteiger partial charge in [-0.2, -0.15) is 0 Å². The molecule has 0 spiro atoms. The van der Waals surface area contributed by atoms with Crippen molar-refractivity contribution in [1.29, 1.82) is 0 Å². The molecule has 0 amide bonds. The zero-order valence-electron chi connectivity index (χ0n) is 12.9. The molecule has 1 aromatic carbocycles. The van der Waals surface area contributed by atoms with Crippen LogP contribution in [0.3, 0.4) is 0 Å². The summed E-state index contributed by atoms with van der Waals surface area (Å²) in [6.45, 7) is 4.40. The predicted molar refractivity (Wildman–Crippen MR) is 88.6 cm³/mol. The number of carboxylic acids is 1. The summed E-state index contributed by atoms with van der Waals surface area (Å²) in [4.78, 5) is 29.4. The Bertz CT molecular complexity index is 726. The normalized spacial score (nSPS) is 10.7. The summed E-state index contributed by atoms with van der Waals surface area (Å²) in [5.41, 5.74) is 0.830. The number of aromatic carboxylic acids is 1. The van der Waals surface area contributed by atoms with Crippen molar-refractivity contribution in [1.82, 2.24) is 9.97 Å². The minimum atomic E-state index is -0.966. The van der Waals surface area contributed by atoms with Crippen molar-refractivity contribution in [3.8, 4) is 5.75 Å². The highest BCUT2D eigenvalue weighted by atomic mass is 32.2. The topological polar surface area (TPSA) is 92.3 Å². The molecule has 2 rings (SSSR count). The number of aromatic nitrogens is 2. The summed E-state index contributed by atoms with van der Waals surface area (Å²) < 4.78 is 5.54. The lowest BCUT2D eigenvalue weighted by molar-refractivity contribution is 0.0697. The molecule has 0 aliphatic carbocycles. The zero-order chi connectivity index (χ0) is 16.8. The Hall–Kier alpha value is -2.28. The highest BCUT2D eigenvalue weighted by Gasteiger charge is 2.06. The third-order valence-corrected chi connectivity index (χ3v) is 3.86. The monoisotopic (exact) mass is 334 g/mol. The summed E-state index contributed by atoms with van der Waals surface area (Å²) in [6.07, 6.45) is 0. The fraction of sp³-hybridized carbons (Fsp3) is 0.312. The second-order valence-corrected chi connectivity index (χ2v) is 6.24. The van der Waals surface area contributed by atoms with E-state index in [1.807, 2.05) is 13.8 Å². The highest BCUT2D eigenvalue weighted by Crippen LogP contribution is 2.16. The molecule has 0 aliphatic rings. The third kappa shape index (κ3) is 5.14. The number of rotatable bonds is 7. The Labute approximate surface area is 137 Å². The molecule has 0 unspecified atom stereocenters. The van der Waals surface area contributed by atoms with Gasteiger partial charge in [-0.1, -0.05) is 25.6 Å². The van der Waals surface area contributed by atoms with Gasteiger partial charge in [0.2, 0.25) is 0 Å². The molecule has 2 N–H and O–H groups in total. The summed E-state index contributed by atoms with van der Waals surface area (Å²) >= 11 is 1.41. The molecule has 1 heterocycles. The zero-order valence-corrected chi connectivity index (χ0v) is 13.7. The molecule has 0 fully saturated rings. The minimum absolute atomic E-state index is 0.156. The van der Waals surface area contributed by atoms with E-state index >= 15 is 0 Å². The van der Waals surface area contributed by atoms with Gasteiger partial charge in [-0.15, -0.1) is 0 Å². The molecule has 2 aromatic rings. The standard InChI is InChI=1S/C16H18N2O4S/c1-10(2)13-9-14(19)18-16(17-13)23-8-7-22-12-5-3-11(4-6-12)15(20)21/h3-6,9-10H,7-8H2,1-2H3,(H,20,21)(H,17,18,19). The summed E-state index contributed by atoms with van der Waals surface area (Å²) in [6, 6.07) is 7.74. The van der Waals surface area contributed by atoms with Crippen molar-refractivity contribution in [3.63, 3.8) is 0 Å². The number of nitrogens with zero attached hydrogens (tertiary/aromatic N) is 1. The van der Waals surface area contributed by atoms with E-state index in [4.69, 9.17) is 9.84 Å². The first-order chi connectivity index (χ1) is 11.0. The fourth-order valence-corrected chi connectivity index (χ4v) is 2.51. The summed E-state index contributed by atoms with van der Waals surface area (Å²) in [5.74, 6) is 0.450. The van der Waals surface area contributed by atoms with Gasteiger partial charge in [0.25, 0.3) is 5.56 Å². The second-order valence-electron chi connectivity index (χ2n) is 5.16. The van der Waals surface area contributed by atoms with Crippen LogP contribution in [-0.2, 0) is 0 Å². The molecule has 1 aromatic heterocycles. The molecule has 0 saturated heterocycles. The van der Waals surface area contributed by atoms with Crippen LogP contribution in [0.15, 0.2) is 40.3 Å². The van der Waals surface area contributed by atoms with E-state index in [0.717, 1.165) is 5.69 Å². The number of hydrogen-bond acceptors (Lipinski definition) is 5. The summed E-state index contributed by atoms with van der Waals surface area (Å²) in [5, 5.41) is 9.39. The first-order valence-corrected chi connectivity index (χ1v) is 8.14. The number of thioether (sulfide) groups is 1. The van der Waals surface area contributed by atoms with Gasteiger partial charge < -0.3 is 14.8 Å². The Balaban J connectivity index is 1.85. The Kier molecular flexibility index (Phi) is 5.81. The van der Waals surface area contributed by atoms with Crippen LogP contribution < -0.4 is 10.3 Å². The molecule has 0 bridgehead atoms. The second kappa shape index (κ2) is 7.82. The number of aromatic amines is 1. The molecular formula is C16H18N2O4S. The maximum Gasteiger partial charge on any atom is 0.335 e. The molecule has 23 heavy (non-hydrogen) atoms. The van der Waals surface area contributed by atoms with Crippen LogP contribution in [0.2, 0.25) is 0 Å². The van der Waals surface area contributed by atoms with Crippen molar-refractivity contribution < 1.29 is 14.6 Å². The Morgan fingerprint density at radius 1 is 1.35 bits per heavy atom. The maximum atomic E-state index is 11.6. The Morgan fingerprint density at radius 2 is 2.04 bits per heavy atom. The number of ether oxygens (including phenoxy) is 1. The molecule has 122 valence electrons. The smallest absolute Gasteiger partial charge is 0.335 e. The number of H-pyrrole nitrogens is 1. The van der Waals surface area contributed by atoms with Gasteiger partial charge in [-0.3, -0.25) is 4.79 Å². The van der Waals surface area contributed by atoms with Gasteiger partial charge in [-0.25, -0.2) is 9.78 Å². The minimum Gasteiger partial charge on any atom is -0.493 e. The van der Waals surface area contributed by atoms with Crippen LogP contribution in [0, 0.1) is 0 Å². The molecule has 6 nitrogen and oxygen atoms in total. The van der Waals surface area contributed by atoms with Crippen molar-refractivity contribution in [3.05, 3.63) is 51.9 Å². The van der Waals surface area contributed by atoms with Crippen LogP contribution in [-0.4, -0.2) is 33.4 Å². The lowest BCUT2D eigenvalue weighted by Gasteiger charge is -2.08. The van der Waals surface area contributed by atoms with Gasteiger partial charge >= 0.3 is 5.97 Å². The molecule has 0 saturated carbocycles. The van der Waals surface area contributed by atoms with Crippen LogP contribution in [0.5, 0.6) is 5.75 Å². The van der Waals surface area contributed by atoms with Gasteiger partial charge in [0, 0.05) is 11.8 Å². The van der Waals surface area contributed by atoms with E-state index in [2.05, 4.69) is 9.97 Å². The number of carboxylic acid groups (broad SMARTS) is 1. The lowest BCUT2D eigenvalue weighted by Crippen LogP contribution is -2.11. The van der Waals surface area contributed by atoms with Crippen molar-refractivity contribution in [2.75, 3.05) is 12.4 Å². The van der Waals surface area contributed by atoms with Crippen molar-refractivity contribution >= 4 is 17.7 Å². The van der Waals surface area contributed by atoms with Crippen LogP contribution >= 0.6 is 11.8 Å². The average Bonchev–Trinajstić information content (AvgIpc) is 2.51. The molecule has 0 radical (unpaired) electrons. The molecule has 0 aliphatic heterocycles. The first-order valence-electron chi connectivity index (χ1n) is 7.16. The van der Waals surface area contributed by atoms with Gasteiger partial charge in [0.05, 0.1) is 17.9 Å². The first kappa shape index (κ1) is 17.1. The van der Waals surface area contributed by atoms with Crippen molar-refractivity contribution in [2.45, 2.75) is 24.9 Å². The van der Waals surface area contributed by atoms with Crippen molar-refractivity contribution in [2.24, 2.45) is 0 Å². The molecular weight excluding hydrogens is 316 g/mol. The average molecular weight is 334 g/mol. The quantitative estimate of drug-likeness (QED) is 0.459. The van der Waals surface area contributed by atoms with Gasteiger partial charge in [-0.05, 0) is 30.2 Å². The molecule has 7 heteroatoms. The van der Waals surface area contributed by atoms with Crippen LogP contribution in [0.4, 0.5) is 0 Å². The SMILES string of the molecule is CC(C)c1cc(=O)[nH]c(SCCOc2ccc(C(=O)O)cc2)n1. The predicted octanol–water partition coefficient (Wildman–Crippen LogP) is 2.76. The maximum absolute atomic E-state index is 11.6. The number of hydrogen-bond donors (Lipinski definition) is 2. The number of benzene rings is 1. The van der Waals surface area contributed by atoms with Gasteiger partial charge in [0.1, 0.15) is 5.75 Å². The summed E-state index contributed by atoms with van der Waals surface area (Å²) in [7, 11) is 0. The third-order valence-electron chi connectivity index (χ3n) is 3.02. The fourth-order valence-electron chi connectivity index (χ4n) is 1.81. The van der Waals surface area contributed by atoms with Gasteiger partial charge in [0.15, 0.2) is 5.16 Å². The Morgan fingerprint density at radius 3 is 2.65 bits per heavy atom. The van der Waals surface area contributed by atoms with E-state index < -0.39 is 5.97 Å².